The second-order valence-corrected chi connectivity index (χ2v) is 16.1. The molecule has 9 heteroatoms. The predicted molar refractivity (Wildman–Crippen MR) is 195 cm³/mol. The summed E-state index contributed by atoms with van der Waals surface area (Å²) in [6.45, 7) is 15.8. The fourth-order valence-electron chi connectivity index (χ4n) is 7.06. The molecule has 49 heavy (non-hydrogen) atoms. The standard InChI is InChI=1S/C40H51BN2O6/c1-37(2,3)47-35(44)18-14-27-13-17-34-32(23-27)40(26-46-34)19-21-43(22-20-40)36(45)29-12-10-11-28(24-29)31-25-30(15-16-33(31)42(8)9)41-48-38(4,5)39(6,7)49-41/h10-13,15-17,23-25H,14,18-22,26H2,1-9H3. The van der Waals surface area contributed by atoms with Crippen LogP contribution in [0.25, 0.3) is 11.1 Å². The molecule has 1 amide bonds. The molecular formula is C40H51BN2O6. The zero-order valence-electron chi connectivity index (χ0n) is 30.6. The molecular weight excluding hydrogens is 615 g/mol. The number of carbonyl (C=O) groups is 2. The lowest BCUT2D eigenvalue weighted by Crippen LogP contribution is -2.46. The molecule has 0 radical (unpaired) electrons. The summed E-state index contributed by atoms with van der Waals surface area (Å²) in [7, 11) is 3.58. The highest BCUT2D eigenvalue weighted by Gasteiger charge is 2.52. The van der Waals surface area contributed by atoms with E-state index >= 15 is 0 Å². The van der Waals surface area contributed by atoms with Gasteiger partial charge in [-0.05, 0) is 109 Å². The predicted octanol–water partition coefficient (Wildman–Crippen LogP) is 6.56. The lowest BCUT2D eigenvalue weighted by Gasteiger charge is -2.38. The van der Waals surface area contributed by atoms with Crippen LogP contribution in [0.3, 0.4) is 0 Å². The molecule has 3 heterocycles. The topological polar surface area (TPSA) is 77.5 Å². The van der Waals surface area contributed by atoms with E-state index in [2.05, 4.69) is 62.9 Å². The Kier molecular flexibility index (Phi) is 9.16. The van der Waals surface area contributed by atoms with E-state index < -0.39 is 23.9 Å². The number of hydrogen-bond acceptors (Lipinski definition) is 7. The Labute approximate surface area is 292 Å². The molecule has 3 aliphatic rings. The molecule has 0 aromatic heterocycles. The van der Waals surface area contributed by atoms with Gasteiger partial charge in [-0.3, -0.25) is 9.59 Å². The number of carbonyl (C=O) groups excluding carboxylic acids is 2. The van der Waals surface area contributed by atoms with Gasteiger partial charge in [-0.1, -0.05) is 36.4 Å². The summed E-state index contributed by atoms with van der Waals surface area (Å²) < 4.78 is 24.4. The number of aryl methyl sites for hydroxylation is 1. The van der Waals surface area contributed by atoms with Crippen LogP contribution in [-0.4, -0.2) is 74.5 Å². The van der Waals surface area contributed by atoms with Gasteiger partial charge in [-0.2, -0.15) is 0 Å². The monoisotopic (exact) mass is 666 g/mol. The fraction of sp³-hybridized carbons (Fsp3) is 0.500. The average molecular weight is 667 g/mol. The van der Waals surface area contributed by atoms with Crippen LogP contribution in [0, 0.1) is 0 Å². The van der Waals surface area contributed by atoms with Crippen LogP contribution >= 0.6 is 0 Å². The van der Waals surface area contributed by atoms with Gasteiger partial charge < -0.3 is 28.6 Å². The minimum atomic E-state index is -0.491. The molecule has 3 aromatic carbocycles. The number of piperidine rings is 1. The highest BCUT2D eigenvalue weighted by atomic mass is 16.7. The first-order chi connectivity index (χ1) is 23.0. The molecule has 3 aliphatic heterocycles. The molecule has 0 bridgehead atoms. The number of benzene rings is 3. The summed E-state index contributed by atoms with van der Waals surface area (Å²) in [6, 6.07) is 20.5. The summed E-state index contributed by atoms with van der Waals surface area (Å²) in [4.78, 5) is 30.4. The molecule has 6 rings (SSSR count). The van der Waals surface area contributed by atoms with Crippen molar-refractivity contribution in [3.8, 4) is 16.9 Å². The molecule has 260 valence electrons. The number of esters is 1. The zero-order valence-corrected chi connectivity index (χ0v) is 30.6. The lowest BCUT2D eigenvalue weighted by molar-refractivity contribution is -0.154. The Morgan fingerprint density at radius 1 is 0.918 bits per heavy atom. The average Bonchev–Trinajstić information content (AvgIpc) is 3.50. The van der Waals surface area contributed by atoms with Gasteiger partial charge in [0.15, 0.2) is 0 Å². The molecule has 3 aromatic rings. The van der Waals surface area contributed by atoms with Gasteiger partial charge in [0.25, 0.3) is 5.91 Å². The second kappa shape index (κ2) is 12.8. The first-order valence-electron chi connectivity index (χ1n) is 17.5. The van der Waals surface area contributed by atoms with Gasteiger partial charge in [-0.15, -0.1) is 0 Å². The van der Waals surface area contributed by atoms with E-state index in [0.29, 0.717) is 38.1 Å². The number of likely N-dealkylation sites (tertiary alicyclic amines) is 1. The summed E-state index contributed by atoms with van der Waals surface area (Å²) in [5.74, 6) is 0.758. The Morgan fingerprint density at radius 3 is 2.27 bits per heavy atom. The largest absolute Gasteiger partial charge is 0.494 e. The van der Waals surface area contributed by atoms with Crippen molar-refractivity contribution in [2.24, 2.45) is 0 Å². The molecule has 2 saturated heterocycles. The first kappa shape index (κ1) is 35.0. The maximum Gasteiger partial charge on any atom is 0.494 e. The fourth-order valence-corrected chi connectivity index (χ4v) is 7.06. The van der Waals surface area contributed by atoms with Crippen LogP contribution < -0.4 is 15.1 Å². The third-order valence-corrected chi connectivity index (χ3v) is 10.6. The van der Waals surface area contributed by atoms with E-state index in [1.165, 1.54) is 5.56 Å². The van der Waals surface area contributed by atoms with Crippen molar-refractivity contribution in [2.75, 3.05) is 38.7 Å². The SMILES string of the molecule is CN(C)c1ccc(B2OC(C)(C)C(C)(C)O2)cc1-c1cccc(C(=O)N2CCC3(CC2)COc2ccc(CCC(=O)OC(C)(C)C)cc23)c1. The van der Waals surface area contributed by atoms with E-state index in [0.717, 1.165) is 46.4 Å². The van der Waals surface area contributed by atoms with Crippen molar-refractivity contribution in [3.63, 3.8) is 0 Å². The van der Waals surface area contributed by atoms with Gasteiger partial charge in [0.1, 0.15) is 11.4 Å². The van der Waals surface area contributed by atoms with Gasteiger partial charge >= 0.3 is 13.1 Å². The quantitative estimate of drug-likeness (QED) is 0.209. The van der Waals surface area contributed by atoms with Crippen LogP contribution in [0.4, 0.5) is 5.69 Å². The molecule has 0 N–H and O–H groups in total. The van der Waals surface area contributed by atoms with Gasteiger partial charge in [0.2, 0.25) is 0 Å². The first-order valence-corrected chi connectivity index (χ1v) is 17.5. The molecule has 0 atom stereocenters. The molecule has 8 nitrogen and oxygen atoms in total. The number of hydrogen-bond donors (Lipinski definition) is 0. The zero-order chi connectivity index (χ0) is 35.4. The summed E-state index contributed by atoms with van der Waals surface area (Å²) in [5.41, 5.74) is 5.46. The lowest BCUT2D eigenvalue weighted by atomic mass is 9.74. The van der Waals surface area contributed by atoms with Crippen LogP contribution in [0.2, 0.25) is 0 Å². The Hall–Kier alpha value is -3.82. The van der Waals surface area contributed by atoms with Gasteiger partial charge in [-0.25, -0.2) is 0 Å². The van der Waals surface area contributed by atoms with Crippen molar-refractivity contribution in [1.29, 1.82) is 0 Å². The van der Waals surface area contributed by atoms with Gasteiger partial charge in [0, 0.05) is 61.4 Å². The number of fused-ring (bicyclic) bond motifs is 2. The van der Waals surface area contributed by atoms with Crippen molar-refractivity contribution >= 4 is 30.1 Å². The van der Waals surface area contributed by atoms with Crippen molar-refractivity contribution in [1.82, 2.24) is 4.90 Å². The van der Waals surface area contributed by atoms with E-state index in [4.69, 9.17) is 18.8 Å². The molecule has 1 spiro atoms. The second-order valence-electron chi connectivity index (χ2n) is 16.1. The van der Waals surface area contributed by atoms with Crippen LogP contribution in [0.15, 0.2) is 60.7 Å². The Morgan fingerprint density at radius 2 is 1.61 bits per heavy atom. The Balaban J connectivity index is 1.17. The highest BCUT2D eigenvalue weighted by Crippen LogP contribution is 2.46. The van der Waals surface area contributed by atoms with Crippen molar-refractivity contribution in [3.05, 3.63) is 77.4 Å². The normalized spacial score (nSPS) is 19.0. The third kappa shape index (κ3) is 7.11. The molecule has 2 fully saturated rings. The van der Waals surface area contributed by atoms with Crippen molar-refractivity contribution in [2.45, 2.75) is 96.4 Å². The summed E-state index contributed by atoms with van der Waals surface area (Å²) in [5, 5.41) is 0. The Bertz CT molecular complexity index is 1720. The molecule has 0 unspecified atom stereocenters. The molecule has 0 aliphatic carbocycles. The van der Waals surface area contributed by atoms with Gasteiger partial charge in [0.05, 0.1) is 17.8 Å². The summed E-state index contributed by atoms with van der Waals surface area (Å²) in [6.07, 6.45) is 2.60. The minimum Gasteiger partial charge on any atom is -0.492 e. The van der Waals surface area contributed by atoms with E-state index in [9.17, 15) is 9.59 Å². The van der Waals surface area contributed by atoms with Crippen LogP contribution in [0.1, 0.15) is 89.2 Å². The number of rotatable bonds is 7. The van der Waals surface area contributed by atoms with Crippen LogP contribution in [0.5, 0.6) is 5.75 Å². The van der Waals surface area contributed by atoms with E-state index in [-0.39, 0.29) is 17.3 Å². The minimum absolute atomic E-state index is 0.0375. The number of nitrogens with zero attached hydrogens (tertiary/aromatic N) is 2. The van der Waals surface area contributed by atoms with E-state index in [1.807, 2.05) is 70.1 Å². The number of anilines is 1. The number of amides is 1. The summed E-state index contributed by atoms with van der Waals surface area (Å²) >= 11 is 0. The smallest absolute Gasteiger partial charge is 0.492 e. The van der Waals surface area contributed by atoms with E-state index in [1.54, 1.807) is 0 Å². The maximum atomic E-state index is 14.0. The third-order valence-electron chi connectivity index (χ3n) is 10.6. The number of ether oxygens (including phenoxy) is 2. The highest BCUT2D eigenvalue weighted by molar-refractivity contribution is 6.62. The van der Waals surface area contributed by atoms with Crippen LogP contribution in [-0.2, 0) is 30.7 Å². The van der Waals surface area contributed by atoms with Crippen molar-refractivity contribution < 1.29 is 28.4 Å². The maximum absolute atomic E-state index is 14.0. The molecule has 0 saturated carbocycles.